The SMILES string of the molecule is CC(C)(CO)NC(=O)Nc1ccc(Oc2cccc(F)c2)cc1. The van der Waals surface area contributed by atoms with Crippen molar-refractivity contribution in [2.45, 2.75) is 19.4 Å². The first kappa shape index (κ1) is 16.8. The molecule has 0 atom stereocenters. The first-order valence-electron chi connectivity index (χ1n) is 7.11. The molecule has 0 spiro atoms. The van der Waals surface area contributed by atoms with E-state index in [1.165, 1.54) is 12.1 Å². The largest absolute Gasteiger partial charge is 0.457 e. The van der Waals surface area contributed by atoms with E-state index in [9.17, 15) is 9.18 Å². The molecule has 0 radical (unpaired) electrons. The highest BCUT2D eigenvalue weighted by molar-refractivity contribution is 5.89. The van der Waals surface area contributed by atoms with Gasteiger partial charge >= 0.3 is 6.03 Å². The van der Waals surface area contributed by atoms with Gasteiger partial charge in [0, 0.05) is 11.8 Å². The third kappa shape index (κ3) is 5.27. The highest BCUT2D eigenvalue weighted by Crippen LogP contribution is 2.23. The molecule has 0 saturated carbocycles. The second-order valence-corrected chi connectivity index (χ2v) is 5.70. The number of hydrogen-bond acceptors (Lipinski definition) is 3. The van der Waals surface area contributed by atoms with E-state index >= 15 is 0 Å². The average Bonchev–Trinajstić information content (AvgIpc) is 2.49. The second-order valence-electron chi connectivity index (χ2n) is 5.70. The lowest BCUT2D eigenvalue weighted by atomic mass is 10.1. The van der Waals surface area contributed by atoms with Crippen molar-refractivity contribution in [3.63, 3.8) is 0 Å². The van der Waals surface area contributed by atoms with Gasteiger partial charge in [-0.3, -0.25) is 0 Å². The molecule has 122 valence electrons. The van der Waals surface area contributed by atoms with Crippen molar-refractivity contribution in [1.29, 1.82) is 0 Å². The van der Waals surface area contributed by atoms with Crippen LogP contribution in [0, 0.1) is 5.82 Å². The van der Waals surface area contributed by atoms with Gasteiger partial charge in [0.2, 0.25) is 0 Å². The van der Waals surface area contributed by atoms with Gasteiger partial charge in [0.1, 0.15) is 17.3 Å². The van der Waals surface area contributed by atoms with Crippen molar-refractivity contribution in [1.82, 2.24) is 5.32 Å². The van der Waals surface area contributed by atoms with Gasteiger partial charge in [0.25, 0.3) is 0 Å². The molecule has 0 aliphatic carbocycles. The van der Waals surface area contributed by atoms with Crippen LogP contribution in [0.15, 0.2) is 48.5 Å². The summed E-state index contributed by atoms with van der Waals surface area (Å²) in [6, 6.07) is 12.1. The number of nitrogens with one attached hydrogen (secondary N) is 2. The molecule has 2 aromatic rings. The number of ether oxygens (including phenoxy) is 1. The van der Waals surface area contributed by atoms with Gasteiger partial charge in [0.05, 0.1) is 12.1 Å². The molecule has 0 aliphatic heterocycles. The zero-order valence-electron chi connectivity index (χ0n) is 13.0. The van der Waals surface area contributed by atoms with Gasteiger partial charge in [-0.05, 0) is 50.2 Å². The van der Waals surface area contributed by atoms with Crippen molar-refractivity contribution in [3.8, 4) is 11.5 Å². The minimum atomic E-state index is -0.704. The lowest BCUT2D eigenvalue weighted by molar-refractivity contribution is 0.187. The van der Waals surface area contributed by atoms with Gasteiger partial charge in [-0.15, -0.1) is 0 Å². The van der Waals surface area contributed by atoms with Crippen molar-refractivity contribution in [3.05, 3.63) is 54.3 Å². The summed E-state index contributed by atoms with van der Waals surface area (Å²) in [6.45, 7) is 3.26. The highest BCUT2D eigenvalue weighted by atomic mass is 19.1. The van der Waals surface area contributed by atoms with Crippen molar-refractivity contribution in [2.75, 3.05) is 11.9 Å². The summed E-state index contributed by atoms with van der Waals surface area (Å²) in [7, 11) is 0. The fraction of sp³-hybridized carbons (Fsp3) is 0.235. The Morgan fingerprint density at radius 1 is 1.17 bits per heavy atom. The van der Waals surface area contributed by atoms with Crippen LogP contribution in [0.1, 0.15) is 13.8 Å². The fourth-order valence-corrected chi connectivity index (χ4v) is 1.78. The maximum absolute atomic E-state index is 13.1. The van der Waals surface area contributed by atoms with Crippen LogP contribution in [-0.2, 0) is 0 Å². The monoisotopic (exact) mass is 318 g/mol. The minimum absolute atomic E-state index is 0.166. The molecule has 0 heterocycles. The van der Waals surface area contributed by atoms with Crippen LogP contribution in [-0.4, -0.2) is 23.3 Å². The summed E-state index contributed by atoms with van der Waals surface area (Å²) < 4.78 is 18.6. The van der Waals surface area contributed by atoms with E-state index in [0.717, 1.165) is 0 Å². The van der Waals surface area contributed by atoms with Gasteiger partial charge in [-0.2, -0.15) is 0 Å². The molecule has 0 aliphatic rings. The lowest BCUT2D eigenvalue weighted by Crippen LogP contribution is -2.48. The summed E-state index contributed by atoms with van der Waals surface area (Å²) in [5, 5.41) is 14.4. The number of anilines is 1. The molecule has 5 nitrogen and oxygen atoms in total. The third-order valence-corrected chi connectivity index (χ3v) is 2.99. The molecule has 0 bridgehead atoms. The van der Waals surface area contributed by atoms with Gasteiger partial charge < -0.3 is 20.5 Å². The topological polar surface area (TPSA) is 70.6 Å². The number of urea groups is 1. The zero-order valence-corrected chi connectivity index (χ0v) is 13.0. The van der Waals surface area contributed by atoms with Crippen LogP contribution >= 0.6 is 0 Å². The number of amides is 2. The average molecular weight is 318 g/mol. The maximum Gasteiger partial charge on any atom is 0.319 e. The number of aliphatic hydroxyl groups excluding tert-OH is 1. The Bertz CT molecular complexity index is 672. The van der Waals surface area contributed by atoms with E-state index in [0.29, 0.717) is 17.2 Å². The van der Waals surface area contributed by atoms with Crippen molar-refractivity contribution in [2.24, 2.45) is 0 Å². The van der Waals surface area contributed by atoms with E-state index in [1.807, 2.05) is 0 Å². The van der Waals surface area contributed by atoms with E-state index in [2.05, 4.69) is 10.6 Å². The van der Waals surface area contributed by atoms with E-state index in [-0.39, 0.29) is 12.4 Å². The molecule has 0 fully saturated rings. The molecule has 6 heteroatoms. The Kier molecular flexibility index (Phi) is 5.18. The fourth-order valence-electron chi connectivity index (χ4n) is 1.78. The molecule has 0 unspecified atom stereocenters. The Hall–Kier alpha value is -2.60. The molecule has 2 rings (SSSR count). The molecular formula is C17H19FN2O3. The standard InChI is InChI=1S/C17H19FN2O3/c1-17(2,11-21)20-16(22)19-13-6-8-14(9-7-13)23-15-5-3-4-12(18)10-15/h3-10,21H,11H2,1-2H3,(H2,19,20,22). The Morgan fingerprint density at radius 2 is 1.87 bits per heavy atom. The first-order valence-corrected chi connectivity index (χ1v) is 7.11. The normalized spacial score (nSPS) is 11.0. The van der Waals surface area contributed by atoms with Crippen LogP contribution in [0.25, 0.3) is 0 Å². The minimum Gasteiger partial charge on any atom is -0.457 e. The van der Waals surface area contributed by atoms with Gasteiger partial charge in [0.15, 0.2) is 0 Å². The van der Waals surface area contributed by atoms with Crippen LogP contribution in [0.4, 0.5) is 14.9 Å². The highest BCUT2D eigenvalue weighted by Gasteiger charge is 2.18. The number of benzene rings is 2. The Morgan fingerprint density at radius 3 is 2.48 bits per heavy atom. The van der Waals surface area contributed by atoms with Gasteiger partial charge in [-0.1, -0.05) is 6.07 Å². The number of aliphatic hydroxyl groups is 1. The lowest BCUT2D eigenvalue weighted by Gasteiger charge is -2.23. The molecule has 0 aromatic heterocycles. The van der Waals surface area contributed by atoms with E-state index in [1.54, 1.807) is 50.2 Å². The van der Waals surface area contributed by atoms with Crippen molar-refractivity contribution >= 4 is 11.7 Å². The first-order chi connectivity index (χ1) is 10.9. The van der Waals surface area contributed by atoms with Crippen LogP contribution in [0.5, 0.6) is 11.5 Å². The van der Waals surface area contributed by atoms with Crippen LogP contribution in [0.3, 0.4) is 0 Å². The predicted octanol–water partition coefficient (Wildman–Crippen LogP) is 3.51. The second kappa shape index (κ2) is 7.11. The Balaban J connectivity index is 1.95. The molecule has 0 saturated heterocycles. The third-order valence-electron chi connectivity index (χ3n) is 2.99. The smallest absolute Gasteiger partial charge is 0.319 e. The number of hydrogen-bond donors (Lipinski definition) is 3. The molecule has 23 heavy (non-hydrogen) atoms. The summed E-state index contributed by atoms with van der Waals surface area (Å²) in [4.78, 5) is 11.8. The molecule has 2 amide bonds. The van der Waals surface area contributed by atoms with E-state index < -0.39 is 11.6 Å². The Labute approximate surface area is 134 Å². The molecule has 2 aromatic carbocycles. The number of carbonyl (C=O) groups is 1. The van der Waals surface area contributed by atoms with Crippen molar-refractivity contribution < 1.29 is 19.0 Å². The maximum atomic E-state index is 13.1. The summed E-state index contributed by atoms with van der Waals surface area (Å²) >= 11 is 0. The summed E-state index contributed by atoms with van der Waals surface area (Å²) in [5.41, 5.74) is -0.132. The quantitative estimate of drug-likeness (QED) is 0.790. The van der Waals surface area contributed by atoms with Gasteiger partial charge in [-0.25, -0.2) is 9.18 Å². The molecule has 3 N–H and O–H groups in total. The number of rotatable bonds is 5. The van der Waals surface area contributed by atoms with Crippen LogP contribution < -0.4 is 15.4 Å². The van der Waals surface area contributed by atoms with Crippen LogP contribution in [0.2, 0.25) is 0 Å². The van der Waals surface area contributed by atoms with E-state index in [4.69, 9.17) is 9.84 Å². The summed E-state index contributed by atoms with van der Waals surface area (Å²) in [5.74, 6) is 0.550. The molecular weight excluding hydrogens is 299 g/mol. The predicted molar refractivity (Wildman–Crippen MR) is 86.2 cm³/mol. The number of carbonyl (C=O) groups excluding carboxylic acids is 1. The number of halogens is 1. The summed E-state index contributed by atoms with van der Waals surface area (Å²) in [6.07, 6.45) is 0. The zero-order chi connectivity index (χ0) is 16.9.